The molecule has 1 aliphatic heterocycles. The van der Waals surface area contributed by atoms with Gasteiger partial charge in [0.1, 0.15) is 17.2 Å². The number of likely N-dealkylation sites (tertiary alicyclic amines) is 1. The number of carbonyl (C=O) groups excluding carboxylic acids is 1. The van der Waals surface area contributed by atoms with Crippen molar-refractivity contribution < 1.29 is 9.21 Å². The van der Waals surface area contributed by atoms with Gasteiger partial charge in [-0.25, -0.2) is 4.98 Å². The van der Waals surface area contributed by atoms with E-state index < -0.39 is 0 Å². The van der Waals surface area contributed by atoms with Gasteiger partial charge in [0, 0.05) is 41.8 Å². The molecule has 0 saturated carbocycles. The number of furan rings is 1. The first-order chi connectivity index (χ1) is 11.1. The number of aromatic amines is 1. The Morgan fingerprint density at radius 3 is 3.00 bits per heavy atom. The van der Waals surface area contributed by atoms with Gasteiger partial charge in [-0.1, -0.05) is 0 Å². The molecule has 4 rings (SSSR count). The Bertz CT molecular complexity index is 877. The summed E-state index contributed by atoms with van der Waals surface area (Å²) in [5, 5.41) is 0.978. The molecule has 1 N–H and O–H groups in total. The Morgan fingerprint density at radius 1 is 1.35 bits per heavy atom. The maximum atomic E-state index is 12.7. The lowest BCUT2D eigenvalue weighted by Crippen LogP contribution is -2.28. The molecule has 3 heterocycles. The highest BCUT2D eigenvalue weighted by Crippen LogP contribution is 2.27. The molecular formula is C18H19N3O2. The summed E-state index contributed by atoms with van der Waals surface area (Å²) in [6.45, 7) is 5.40. The minimum atomic E-state index is 0.0801. The molecule has 5 nitrogen and oxygen atoms in total. The fourth-order valence-corrected chi connectivity index (χ4v) is 3.30. The second-order valence-corrected chi connectivity index (χ2v) is 6.30. The molecule has 5 heteroatoms. The van der Waals surface area contributed by atoms with Crippen LogP contribution in [0, 0.1) is 13.8 Å². The Balaban J connectivity index is 1.54. The number of benzene rings is 1. The van der Waals surface area contributed by atoms with Gasteiger partial charge >= 0.3 is 0 Å². The van der Waals surface area contributed by atoms with E-state index >= 15 is 0 Å². The zero-order valence-corrected chi connectivity index (χ0v) is 13.3. The molecular weight excluding hydrogens is 290 g/mol. The van der Waals surface area contributed by atoms with Gasteiger partial charge in [0.2, 0.25) is 0 Å². The van der Waals surface area contributed by atoms with Crippen LogP contribution in [-0.2, 0) is 0 Å². The van der Waals surface area contributed by atoms with Crippen molar-refractivity contribution in [1.29, 1.82) is 0 Å². The predicted octanol–water partition coefficient (Wildman–Crippen LogP) is 3.40. The average molecular weight is 309 g/mol. The van der Waals surface area contributed by atoms with Crippen molar-refractivity contribution in [1.82, 2.24) is 14.9 Å². The van der Waals surface area contributed by atoms with Crippen LogP contribution in [0.15, 0.2) is 34.9 Å². The summed E-state index contributed by atoms with van der Waals surface area (Å²) < 4.78 is 5.57. The van der Waals surface area contributed by atoms with Crippen LogP contribution >= 0.6 is 0 Å². The fraction of sp³-hybridized carbons (Fsp3) is 0.333. The molecule has 1 amide bonds. The molecule has 1 atom stereocenters. The van der Waals surface area contributed by atoms with Gasteiger partial charge in [-0.2, -0.15) is 0 Å². The van der Waals surface area contributed by atoms with E-state index in [1.807, 2.05) is 49.2 Å². The third-order valence-electron chi connectivity index (χ3n) is 4.47. The number of H-pyrrole nitrogens is 1. The summed E-state index contributed by atoms with van der Waals surface area (Å²) in [6.07, 6.45) is 2.79. The maximum Gasteiger partial charge on any atom is 0.253 e. The summed E-state index contributed by atoms with van der Waals surface area (Å²) in [7, 11) is 0. The molecule has 1 aromatic carbocycles. The smallest absolute Gasteiger partial charge is 0.253 e. The van der Waals surface area contributed by atoms with Crippen LogP contribution in [0.2, 0.25) is 0 Å². The lowest BCUT2D eigenvalue weighted by molar-refractivity contribution is 0.0790. The topological polar surface area (TPSA) is 62.1 Å². The molecule has 3 aromatic rings. The van der Waals surface area contributed by atoms with Crippen LogP contribution in [-0.4, -0.2) is 33.9 Å². The first kappa shape index (κ1) is 14.1. The highest BCUT2D eigenvalue weighted by molar-refractivity contribution is 5.98. The van der Waals surface area contributed by atoms with Crippen molar-refractivity contribution >= 4 is 16.9 Å². The van der Waals surface area contributed by atoms with E-state index in [-0.39, 0.29) is 5.91 Å². The molecule has 1 saturated heterocycles. The molecule has 0 bridgehead atoms. The summed E-state index contributed by atoms with van der Waals surface area (Å²) >= 11 is 0. The van der Waals surface area contributed by atoms with Gasteiger partial charge < -0.3 is 14.3 Å². The normalized spacial score (nSPS) is 18.0. The van der Waals surface area contributed by atoms with E-state index in [2.05, 4.69) is 9.97 Å². The Labute approximate surface area is 134 Å². The van der Waals surface area contributed by atoms with Crippen molar-refractivity contribution in [2.45, 2.75) is 26.2 Å². The number of amides is 1. The number of hydrogen-bond acceptors (Lipinski definition) is 3. The lowest BCUT2D eigenvalue weighted by Gasteiger charge is -2.16. The molecule has 2 aromatic heterocycles. The number of aromatic nitrogens is 2. The maximum absolute atomic E-state index is 12.7. The SMILES string of the molecule is Cc1cnc(C2CCN(C(=O)c3ccc4oc(C)cc4c3)C2)[nH]1. The minimum absolute atomic E-state index is 0.0801. The highest BCUT2D eigenvalue weighted by Gasteiger charge is 2.29. The van der Waals surface area contributed by atoms with Crippen molar-refractivity contribution in [3.8, 4) is 0 Å². The first-order valence-corrected chi connectivity index (χ1v) is 7.91. The zero-order valence-electron chi connectivity index (χ0n) is 13.3. The zero-order chi connectivity index (χ0) is 16.0. The van der Waals surface area contributed by atoms with E-state index in [1.54, 1.807) is 0 Å². The van der Waals surface area contributed by atoms with E-state index in [1.165, 1.54) is 0 Å². The van der Waals surface area contributed by atoms with Crippen LogP contribution in [0.1, 0.15) is 40.0 Å². The standard InChI is InChI=1S/C18H19N3O2/c1-11-9-19-17(20-11)14-5-6-21(10-14)18(22)13-3-4-16-15(8-13)7-12(2)23-16/h3-4,7-9,14H,5-6,10H2,1-2H3,(H,19,20). The van der Waals surface area contributed by atoms with E-state index in [4.69, 9.17) is 4.42 Å². The van der Waals surface area contributed by atoms with Crippen LogP contribution in [0.4, 0.5) is 0 Å². The fourth-order valence-electron chi connectivity index (χ4n) is 3.30. The van der Waals surface area contributed by atoms with E-state index in [0.29, 0.717) is 12.5 Å². The summed E-state index contributed by atoms with van der Waals surface area (Å²) in [6, 6.07) is 7.60. The van der Waals surface area contributed by atoms with Crippen LogP contribution in [0.3, 0.4) is 0 Å². The molecule has 23 heavy (non-hydrogen) atoms. The second kappa shape index (κ2) is 5.26. The molecule has 1 aliphatic rings. The highest BCUT2D eigenvalue weighted by atomic mass is 16.3. The van der Waals surface area contributed by atoms with Gasteiger partial charge in [-0.05, 0) is 44.5 Å². The summed E-state index contributed by atoms with van der Waals surface area (Å²) in [5.41, 5.74) is 2.60. The number of aryl methyl sites for hydroxylation is 2. The van der Waals surface area contributed by atoms with E-state index in [0.717, 1.165) is 46.8 Å². The van der Waals surface area contributed by atoms with E-state index in [9.17, 15) is 4.79 Å². The number of nitrogens with zero attached hydrogens (tertiary/aromatic N) is 2. The minimum Gasteiger partial charge on any atom is -0.461 e. The largest absolute Gasteiger partial charge is 0.461 e. The summed E-state index contributed by atoms with van der Waals surface area (Å²) in [5.74, 6) is 2.22. The first-order valence-electron chi connectivity index (χ1n) is 7.91. The molecule has 0 radical (unpaired) electrons. The number of carbonyl (C=O) groups is 1. The summed E-state index contributed by atoms with van der Waals surface area (Å²) in [4.78, 5) is 22.3. The van der Waals surface area contributed by atoms with Crippen LogP contribution in [0.25, 0.3) is 11.0 Å². The van der Waals surface area contributed by atoms with Gasteiger partial charge in [0.25, 0.3) is 5.91 Å². The monoisotopic (exact) mass is 309 g/mol. The van der Waals surface area contributed by atoms with Crippen molar-refractivity contribution in [3.05, 3.63) is 53.3 Å². The number of hydrogen-bond donors (Lipinski definition) is 1. The van der Waals surface area contributed by atoms with Gasteiger partial charge in [0.15, 0.2) is 0 Å². The third kappa shape index (κ3) is 2.52. The number of fused-ring (bicyclic) bond motifs is 1. The number of nitrogens with one attached hydrogen (secondary N) is 1. The van der Waals surface area contributed by atoms with Gasteiger partial charge in [-0.3, -0.25) is 4.79 Å². The molecule has 0 aliphatic carbocycles. The Morgan fingerprint density at radius 2 is 2.22 bits per heavy atom. The Kier molecular flexibility index (Phi) is 3.22. The van der Waals surface area contributed by atoms with Gasteiger partial charge in [0.05, 0.1) is 0 Å². The molecule has 1 fully saturated rings. The van der Waals surface area contributed by atoms with Crippen LogP contribution in [0.5, 0.6) is 0 Å². The van der Waals surface area contributed by atoms with Crippen LogP contribution < -0.4 is 0 Å². The van der Waals surface area contributed by atoms with Crippen molar-refractivity contribution in [3.63, 3.8) is 0 Å². The second-order valence-electron chi connectivity index (χ2n) is 6.30. The number of rotatable bonds is 2. The quantitative estimate of drug-likeness (QED) is 0.789. The lowest BCUT2D eigenvalue weighted by atomic mass is 10.1. The van der Waals surface area contributed by atoms with Gasteiger partial charge in [-0.15, -0.1) is 0 Å². The Hall–Kier alpha value is -2.56. The third-order valence-corrected chi connectivity index (χ3v) is 4.47. The predicted molar refractivity (Wildman–Crippen MR) is 87.5 cm³/mol. The molecule has 1 unspecified atom stereocenters. The van der Waals surface area contributed by atoms with Crippen molar-refractivity contribution in [2.24, 2.45) is 0 Å². The average Bonchev–Trinajstić information content (AvgIpc) is 3.23. The number of imidazole rings is 1. The van der Waals surface area contributed by atoms with Crippen molar-refractivity contribution in [2.75, 3.05) is 13.1 Å². The molecule has 118 valence electrons. The molecule has 0 spiro atoms.